The van der Waals surface area contributed by atoms with Crippen LogP contribution < -0.4 is 10.6 Å². The predicted octanol–water partition coefficient (Wildman–Crippen LogP) is 3.96. The second-order valence-electron chi connectivity index (χ2n) is 6.60. The number of anilines is 1. The molecular formula is C18H26N2O. The van der Waals surface area contributed by atoms with E-state index in [4.69, 9.17) is 0 Å². The summed E-state index contributed by atoms with van der Waals surface area (Å²) in [5, 5.41) is 6.64. The summed E-state index contributed by atoms with van der Waals surface area (Å²) in [7, 11) is 0. The average molecular weight is 286 g/mol. The summed E-state index contributed by atoms with van der Waals surface area (Å²) in [4.78, 5) is 11.9. The lowest BCUT2D eigenvalue weighted by Crippen LogP contribution is -2.26. The Morgan fingerprint density at radius 1 is 1.00 bits per heavy atom. The van der Waals surface area contributed by atoms with Crippen molar-refractivity contribution in [1.82, 2.24) is 5.32 Å². The molecule has 3 nitrogen and oxygen atoms in total. The van der Waals surface area contributed by atoms with E-state index in [0.717, 1.165) is 30.0 Å². The van der Waals surface area contributed by atoms with Gasteiger partial charge in [0.1, 0.15) is 0 Å². The molecule has 114 valence electrons. The predicted molar refractivity (Wildman–Crippen MR) is 86.6 cm³/mol. The molecular weight excluding hydrogens is 260 g/mol. The van der Waals surface area contributed by atoms with Crippen molar-refractivity contribution in [3.63, 3.8) is 0 Å². The number of rotatable bonds is 5. The van der Waals surface area contributed by atoms with E-state index in [-0.39, 0.29) is 5.91 Å². The summed E-state index contributed by atoms with van der Waals surface area (Å²) in [5.41, 5.74) is 1.90. The number of benzene rings is 1. The van der Waals surface area contributed by atoms with E-state index in [2.05, 4.69) is 17.6 Å². The molecule has 2 aliphatic carbocycles. The first-order valence-electron chi connectivity index (χ1n) is 8.42. The molecule has 2 fully saturated rings. The van der Waals surface area contributed by atoms with Crippen molar-refractivity contribution in [2.24, 2.45) is 5.92 Å². The first kappa shape index (κ1) is 14.4. The molecule has 0 aliphatic heterocycles. The van der Waals surface area contributed by atoms with E-state index in [9.17, 15) is 4.79 Å². The third-order valence-electron chi connectivity index (χ3n) is 4.85. The van der Waals surface area contributed by atoms with Gasteiger partial charge < -0.3 is 10.6 Å². The molecule has 1 aromatic carbocycles. The van der Waals surface area contributed by atoms with Crippen LogP contribution in [0.4, 0.5) is 5.69 Å². The van der Waals surface area contributed by atoms with Crippen molar-refractivity contribution in [1.29, 1.82) is 0 Å². The van der Waals surface area contributed by atoms with Crippen LogP contribution in [-0.4, -0.2) is 18.0 Å². The van der Waals surface area contributed by atoms with Crippen LogP contribution in [0.2, 0.25) is 0 Å². The number of hydrogen-bond acceptors (Lipinski definition) is 2. The fourth-order valence-corrected chi connectivity index (χ4v) is 3.16. The lowest BCUT2D eigenvalue weighted by atomic mass is 9.84. The second kappa shape index (κ2) is 6.50. The van der Waals surface area contributed by atoms with Gasteiger partial charge in [-0.1, -0.05) is 13.3 Å². The Balaban J connectivity index is 1.51. The molecule has 2 aliphatic rings. The Labute approximate surface area is 127 Å². The highest BCUT2D eigenvalue weighted by Crippen LogP contribution is 2.28. The van der Waals surface area contributed by atoms with Crippen molar-refractivity contribution in [2.45, 2.75) is 64.0 Å². The van der Waals surface area contributed by atoms with Gasteiger partial charge >= 0.3 is 0 Å². The molecule has 2 saturated carbocycles. The maximum Gasteiger partial charge on any atom is 0.251 e. The van der Waals surface area contributed by atoms with Crippen molar-refractivity contribution >= 4 is 11.6 Å². The van der Waals surface area contributed by atoms with Crippen molar-refractivity contribution < 1.29 is 4.79 Å². The van der Waals surface area contributed by atoms with Crippen LogP contribution in [0.1, 0.15) is 62.2 Å². The third-order valence-corrected chi connectivity index (χ3v) is 4.85. The van der Waals surface area contributed by atoms with E-state index in [1.807, 2.05) is 24.3 Å². The molecule has 0 atom stereocenters. The molecule has 3 rings (SSSR count). The molecule has 21 heavy (non-hydrogen) atoms. The smallest absolute Gasteiger partial charge is 0.251 e. The molecule has 1 aromatic rings. The first-order chi connectivity index (χ1) is 10.2. The summed E-state index contributed by atoms with van der Waals surface area (Å²) in [6, 6.07) is 8.94. The normalized spacial score (nSPS) is 25.4. The van der Waals surface area contributed by atoms with Gasteiger partial charge in [-0.05, 0) is 68.7 Å². The molecule has 0 bridgehead atoms. The van der Waals surface area contributed by atoms with E-state index in [0.29, 0.717) is 12.1 Å². The number of amides is 1. The SMILES string of the molecule is CCC1CCC(Nc2ccc(C(=O)NC3CC3)cc2)CC1. The molecule has 2 N–H and O–H groups in total. The minimum Gasteiger partial charge on any atom is -0.382 e. The molecule has 1 amide bonds. The van der Waals surface area contributed by atoms with Gasteiger partial charge in [0.15, 0.2) is 0 Å². The molecule has 0 unspecified atom stereocenters. The number of carbonyl (C=O) groups is 1. The summed E-state index contributed by atoms with van der Waals surface area (Å²) in [6.07, 6.45) is 8.80. The standard InChI is InChI=1S/C18H26N2O/c1-2-13-3-7-15(8-4-13)19-16-9-5-14(6-10-16)18(21)20-17-11-12-17/h5-6,9-10,13,15,17,19H,2-4,7-8,11-12H2,1H3,(H,20,21). The minimum absolute atomic E-state index is 0.0625. The van der Waals surface area contributed by atoms with E-state index in [1.54, 1.807) is 0 Å². The Morgan fingerprint density at radius 2 is 1.62 bits per heavy atom. The lowest BCUT2D eigenvalue weighted by molar-refractivity contribution is 0.0951. The second-order valence-corrected chi connectivity index (χ2v) is 6.60. The maximum atomic E-state index is 11.9. The molecule has 0 saturated heterocycles. The van der Waals surface area contributed by atoms with Gasteiger partial charge in [0.25, 0.3) is 5.91 Å². The van der Waals surface area contributed by atoms with Crippen LogP contribution in [0.25, 0.3) is 0 Å². The van der Waals surface area contributed by atoms with Crippen LogP contribution in [-0.2, 0) is 0 Å². The van der Waals surface area contributed by atoms with Gasteiger partial charge in [0.2, 0.25) is 0 Å². The number of carbonyl (C=O) groups excluding carboxylic acids is 1. The third kappa shape index (κ3) is 3.99. The summed E-state index contributed by atoms with van der Waals surface area (Å²) in [6.45, 7) is 2.30. The van der Waals surface area contributed by atoms with E-state index < -0.39 is 0 Å². The Bertz CT molecular complexity index is 470. The summed E-state index contributed by atoms with van der Waals surface area (Å²) < 4.78 is 0. The Kier molecular flexibility index (Phi) is 4.47. The van der Waals surface area contributed by atoms with Gasteiger partial charge in [0, 0.05) is 23.3 Å². The largest absolute Gasteiger partial charge is 0.382 e. The molecule has 0 spiro atoms. The first-order valence-corrected chi connectivity index (χ1v) is 8.42. The zero-order valence-electron chi connectivity index (χ0n) is 12.9. The van der Waals surface area contributed by atoms with Crippen LogP contribution in [0.15, 0.2) is 24.3 Å². The van der Waals surface area contributed by atoms with Crippen molar-refractivity contribution in [3.8, 4) is 0 Å². The maximum absolute atomic E-state index is 11.9. The van der Waals surface area contributed by atoms with Gasteiger partial charge in [-0.25, -0.2) is 0 Å². The van der Waals surface area contributed by atoms with Crippen LogP contribution >= 0.6 is 0 Å². The highest BCUT2D eigenvalue weighted by molar-refractivity contribution is 5.94. The zero-order chi connectivity index (χ0) is 14.7. The van der Waals surface area contributed by atoms with Gasteiger partial charge in [-0.3, -0.25) is 4.79 Å². The highest BCUT2D eigenvalue weighted by Gasteiger charge is 2.24. The van der Waals surface area contributed by atoms with Crippen molar-refractivity contribution in [3.05, 3.63) is 29.8 Å². The minimum atomic E-state index is 0.0625. The topological polar surface area (TPSA) is 41.1 Å². The molecule has 0 aromatic heterocycles. The molecule has 0 radical (unpaired) electrons. The van der Waals surface area contributed by atoms with E-state index in [1.165, 1.54) is 32.1 Å². The van der Waals surface area contributed by atoms with Gasteiger partial charge in [-0.15, -0.1) is 0 Å². The summed E-state index contributed by atoms with van der Waals surface area (Å²) >= 11 is 0. The van der Waals surface area contributed by atoms with Crippen LogP contribution in [0.5, 0.6) is 0 Å². The zero-order valence-corrected chi connectivity index (χ0v) is 12.9. The lowest BCUT2D eigenvalue weighted by Gasteiger charge is -2.29. The van der Waals surface area contributed by atoms with Crippen LogP contribution in [0, 0.1) is 5.92 Å². The fraction of sp³-hybridized carbons (Fsp3) is 0.611. The quantitative estimate of drug-likeness (QED) is 0.860. The monoisotopic (exact) mass is 286 g/mol. The Hall–Kier alpha value is -1.51. The summed E-state index contributed by atoms with van der Waals surface area (Å²) in [5.74, 6) is 0.990. The number of nitrogens with one attached hydrogen (secondary N) is 2. The Morgan fingerprint density at radius 3 is 2.19 bits per heavy atom. The number of hydrogen-bond donors (Lipinski definition) is 2. The average Bonchev–Trinajstić information content (AvgIpc) is 3.33. The van der Waals surface area contributed by atoms with Gasteiger partial charge in [0.05, 0.1) is 0 Å². The molecule has 3 heteroatoms. The fourth-order valence-electron chi connectivity index (χ4n) is 3.16. The van der Waals surface area contributed by atoms with Gasteiger partial charge in [-0.2, -0.15) is 0 Å². The van der Waals surface area contributed by atoms with Crippen LogP contribution in [0.3, 0.4) is 0 Å². The van der Waals surface area contributed by atoms with E-state index >= 15 is 0 Å². The molecule has 0 heterocycles. The van der Waals surface area contributed by atoms with Crippen molar-refractivity contribution in [2.75, 3.05) is 5.32 Å². The highest BCUT2D eigenvalue weighted by atomic mass is 16.1.